The van der Waals surface area contributed by atoms with Crippen molar-refractivity contribution in [2.24, 2.45) is 0 Å². The topological polar surface area (TPSA) is 71.7 Å². The van der Waals surface area contributed by atoms with Crippen LogP contribution in [-0.4, -0.2) is 22.7 Å². The molecular weight excluding hydrogens is 354 g/mol. The maximum atomic E-state index is 12.8. The minimum Gasteiger partial charge on any atom is -0.487 e. The highest BCUT2D eigenvalue weighted by Crippen LogP contribution is 2.49. The fourth-order valence-corrected chi connectivity index (χ4v) is 5.54. The Hall–Kier alpha value is -2.01. The van der Waals surface area contributed by atoms with Crippen molar-refractivity contribution >= 4 is 16.9 Å². The van der Waals surface area contributed by atoms with Crippen molar-refractivity contribution in [3.05, 3.63) is 29.0 Å². The maximum Gasteiger partial charge on any atom is 0.287 e. The summed E-state index contributed by atoms with van der Waals surface area (Å²) in [6.45, 7) is 1.91. The Morgan fingerprint density at radius 1 is 1.14 bits per heavy atom. The zero-order valence-corrected chi connectivity index (χ0v) is 16.6. The van der Waals surface area contributed by atoms with Crippen LogP contribution in [0.2, 0.25) is 0 Å². The monoisotopic (exact) mass is 383 g/mol. The summed E-state index contributed by atoms with van der Waals surface area (Å²) in [4.78, 5) is 12.8. The number of hydrogen-bond acceptors (Lipinski definition) is 4. The molecule has 2 fully saturated rings. The van der Waals surface area contributed by atoms with Crippen LogP contribution in [0.15, 0.2) is 16.5 Å². The highest BCUT2D eigenvalue weighted by molar-refractivity contribution is 6.00. The first kappa shape index (κ1) is 18.0. The number of aliphatic hydroxyl groups excluding tert-OH is 1. The molecule has 5 rings (SSSR count). The Bertz CT molecular complexity index is 903. The molecular formula is C23H29NO4. The Morgan fingerprint density at radius 3 is 2.64 bits per heavy atom. The van der Waals surface area contributed by atoms with Gasteiger partial charge in [0.2, 0.25) is 0 Å². The van der Waals surface area contributed by atoms with E-state index in [1.54, 1.807) is 0 Å². The molecule has 1 aromatic heterocycles. The summed E-state index contributed by atoms with van der Waals surface area (Å²) < 4.78 is 12.4. The van der Waals surface area contributed by atoms with E-state index in [1.165, 1.54) is 19.3 Å². The number of amides is 1. The molecule has 0 radical (unpaired) electrons. The molecule has 150 valence electrons. The average molecular weight is 383 g/mol. The minimum atomic E-state index is -0.590. The van der Waals surface area contributed by atoms with Gasteiger partial charge in [0.15, 0.2) is 5.76 Å². The smallest absolute Gasteiger partial charge is 0.287 e. The second-order valence-corrected chi connectivity index (χ2v) is 8.93. The predicted molar refractivity (Wildman–Crippen MR) is 107 cm³/mol. The molecule has 5 nitrogen and oxygen atoms in total. The van der Waals surface area contributed by atoms with E-state index in [0.717, 1.165) is 60.8 Å². The molecule has 0 unspecified atom stereocenters. The summed E-state index contributed by atoms with van der Waals surface area (Å²) >= 11 is 0. The lowest BCUT2D eigenvalue weighted by Crippen LogP contribution is -2.42. The number of ether oxygens (including phenoxy) is 1. The van der Waals surface area contributed by atoms with E-state index in [1.807, 2.05) is 19.1 Å². The minimum absolute atomic E-state index is 0.149. The normalized spacial score (nSPS) is 24.3. The lowest BCUT2D eigenvalue weighted by Gasteiger charge is -2.43. The van der Waals surface area contributed by atoms with Crippen LogP contribution in [0.3, 0.4) is 0 Å². The molecule has 2 aliphatic carbocycles. The standard InChI is InChI=1S/C23H29NO4/c1-14-19-17(27-21(14)22(26)24-15-7-3-4-8-15)9-10-18-20(19)16(25)13-23(28-18)11-5-2-6-12-23/h9-10,15-16,25H,2-8,11-13H2,1H3,(H,24,26)/t16-/m0/s1. The molecule has 1 spiro atoms. The van der Waals surface area contributed by atoms with E-state index in [9.17, 15) is 9.90 Å². The van der Waals surface area contributed by atoms with Crippen molar-refractivity contribution in [3.63, 3.8) is 0 Å². The third kappa shape index (κ3) is 2.91. The quantitative estimate of drug-likeness (QED) is 0.771. The lowest BCUT2D eigenvalue weighted by atomic mass is 9.77. The first-order chi connectivity index (χ1) is 13.6. The van der Waals surface area contributed by atoms with Crippen LogP contribution in [0, 0.1) is 6.92 Å². The van der Waals surface area contributed by atoms with Crippen LogP contribution in [-0.2, 0) is 0 Å². The zero-order chi connectivity index (χ0) is 19.3. The van der Waals surface area contributed by atoms with Gasteiger partial charge in [-0.15, -0.1) is 0 Å². The highest BCUT2D eigenvalue weighted by atomic mass is 16.5. The molecule has 0 bridgehead atoms. The van der Waals surface area contributed by atoms with Crippen molar-refractivity contribution in [1.82, 2.24) is 5.32 Å². The summed E-state index contributed by atoms with van der Waals surface area (Å²) in [5.41, 5.74) is 1.99. The molecule has 2 N–H and O–H groups in total. The van der Waals surface area contributed by atoms with Crippen LogP contribution < -0.4 is 10.1 Å². The molecule has 2 aromatic rings. The van der Waals surface area contributed by atoms with Gasteiger partial charge in [0, 0.05) is 29.0 Å². The van der Waals surface area contributed by atoms with Crippen LogP contribution in [0.25, 0.3) is 11.0 Å². The molecule has 1 aliphatic heterocycles. The number of nitrogens with one attached hydrogen (secondary N) is 1. The molecule has 28 heavy (non-hydrogen) atoms. The first-order valence-corrected chi connectivity index (χ1v) is 10.8. The predicted octanol–water partition coefficient (Wildman–Crippen LogP) is 4.93. The number of benzene rings is 1. The van der Waals surface area contributed by atoms with E-state index in [0.29, 0.717) is 17.8 Å². The maximum absolute atomic E-state index is 12.8. The molecule has 3 aliphatic rings. The van der Waals surface area contributed by atoms with Crippen molar-refractivity contribution in [1.29, 1.82) is 0 Å². The summed E-state index contributed by atoms with van der Waals surface area (Å²) in [5.74, 6) is 0.963. The second-order valence-electron chi connectivity index (χ2n) is 8.93. The number of carbonyl (C=O) groups is 1. The van der Waals surface area contributed by atoms with Gasteiger partial charge in [0.1, 0.15) is 16.9 Å². The van der Waals surface area contributed by atoms with E-state index in [4.69, 9.17) is 9.15 Å². The van der Waals surface area contributed by atoms with Gasteiger partial charge in [-0.2, -0.15) is 0 Å². The SMILES string of the molecule is Cc1c(C(=O)NC2CCCC2)oc2ccc3c(c12)[C@@H](O)CC1(CCCCC1)O3. The fourth-order valence-electron chi connectivity index (χ4n) is 5.54. The van der Waals surface area contributed by atoms with Crippen molar-refractivity contribution in [3.8, 4) is 5.75 Å². The first-order valence-electron chi connectivity index (χ1n) is 10.8. The van der Waals surface area contributed by atoms with Crippen molar-refractivity contribution in [2.75, 3.05) is 0 Å². The number of aliphatic hydroxyl groups is 1. The Balaban J connectivity index is 1.51. The van der Waals surface area contributed by atoms with E-state index >= 15 is 0 Å². The van der Waals surface area contributed by atoms with Crippen LogP contribution in [0.5, 0.6) is 5.75 Å². The van der Waals surface area contributed by atoms with E-state index in [-0.39, 0.29) is 17.6 Å². The fraction of sp³-hybridized carbons (Fsp3) is 0.609. The van der Waals surface area contributed by atoms with Gasteiger partial charge >= 0.3 is 0 Å². The van der Waals surface area contributed by atoms with Crippen molar-refractivity contribution < 1.29 is 19.1 Å². The van der Waals surface area contributed by atoms with Crippen LogP contribution in [0.4, 0.5) is 0 Å². The lowest BCUT2D eigenvalue weighted by molar-refractivity contribution is -0.0373. The highest BCUT2D eigenvalue weighted by Gasteiger charge is 2.42. The second kappa shape index (κ2) is 6.80. The molecule has 2 saturated carbocycles. The number of furan rings is 1. The summed E-state index contributed by atoms with van der Waals surface area (Å²) in [6.07, 6.45) is 9.99. The average Bonchev–Trinajstić information content (AvgIpc) is 3.30. The van der Waals surface area contributed by atoms with Gasteiger partial charge in [0.05, 0.1) is 6.10 Å². The van der Waals surface area contributed by atoms with Gasteiger partial charge in [0.25, 0.3) is 5.91 Å². The Labute approximate surface area is 165 Å². The van der Waals surface area contributed by atoms with Crippen LogP contribution in [0.1, 0.15) is 92.0 Å². The summed E-state index contributed by atoms with van der Waals surface area (Å²) in [5, 5.41) is 15.0. The third-order valence-electron chi connectivity index (χ3n) is 6.98. The van der Waals surface area contributed by atoms with Gasteiger partial charge in [-0.1, -0.05) is 19.3 Å². The van der Waals surface area contributed by atoms with Gasteiger partial charge in [-0.3, -0.25) is 4.79 Å². The summed E-state index contributed by atoms with van der Waals surface area (Å²) in [7, 11) is 0. The number of carbonyl (C=O) groups excluding carboxylic acids is 1. The molecule has 1 atom stereocenters. The van der Waals surface area contributed by atoms with E-state index in [2.05, 4.69) is 5.32 Å². The number of rotatable bonds is 2. The number of fused-ring (bicyclic) bond motifs is 3. The largest absolute Gasteiger partial charge is 0.487 e. The molecule has 0 saturated heterocycles. The number of hydrogen-bond donors (Lipinski definition) is 2. The van der Waals surface area contributed by atoms with Gasteiger partial charge < -0.3 is 19.6 Å². The van der Waals surface area contributed by atoms with Gasteiger partial charge in [-0.25, -0.2) is 0 Å². The third-order valence-corrected chi connectivity index (χ3v) is 6.98. The Morgan fingerprint density at radius 2 is 1.89 bits per heavy atom. The summed E-state index contributed by atoms with van der Waals surface area (Å²) in [6, 6.07) is 4.02. The number of aryl methyl sites for hydroxylation is 1. The molecule has 1 aromatic carbocycles. The van der Waals surface area contributed by atoms with Crippen molar-refractivity contribution in [2.45, 2.75) is 88.9 Å². The zero-order valence-electron chi connectivity index (χ0n) is 16.6. The Kier molecular flexibility index (Phi) is 4.38. The molecule has 2 heterocycles. The van der Waals surface area contributed by atoms with Crippen LogP contribution >= 0.6 is 0 Å². The molecule has 1 amide bonds. The van der Waals surface area contributed by atoms with Gasteiger partial charge in [-0.05, 0) is 57.6 Å². The van der Waals surface area contributed by atoms with E-state index < -0.39 is 6.10 Å². The molecule has 5 heteroatoms.